The summed E-state index contributed by atoms with van der Waals surface area (Å²) in [4.78, 5) is 16.3. The summed E-state index contributed by atoms with van der Waals surface area (Å²) >= 11 is 1.82. The molecule has 0 aromatic heterocycles. The normalized spacial score (nSPS) is 22.2. The van der Waals surface area contributed by atoms with Gasteiger partial charge in [0, 0.05) is 29.1 Å². The second-order valence-corrected chi connectivity index (χ2v) is 8.67. The molecule has 1 heterocycles. The number of ketones is 1. The van der Waals surface area contributed by atoms with E-state index in [0.717, 1.165) is 24.4 Å². The average molecular weight is 322 g/mol. The van der Waals surface area contributed by atoms with Crippen molar-refractivity contribution in [3.63, 3.8) is 0 Å². The molecule has 1 saturated carbocycles. The van der Waals surface area contributed by atoms with Gasteiger partial charge in [0.1, 0.15) is 0 Å². The molecule has 0 saturated heterocycles. The number of rotatable bonds is 5. The molecule has 2 nitrogen and oxygen atoms in total. The summed E-state index contributed by atoms with van der Waals surface area (Å²) in [5, 5.41) is 1.16. The van der Waals surface area contributed by atoms with Gasteiger partial charge in [0.2, 0.25) is 0 Å². The van der Waals surface area contributed by atoms with Crippen LogP contribution in [-0.2, 0) is 4.79 Å². The van der Waals surface area contributed by atoms with E-state index >= 15 is 0 Å². The predicted octanol–water partition coefficient (Wildman–Crippen LogP) is 5.71. The molecule has 0 atom stereocenters. The largest absolute Gasteiger partial charge is 0.339 e. The summed E-state index contributed by atoms with van der Waals surface area (Å²) in [6, 6.07) is 0. The molecule has 1 fully saturated rings. The Hall–Kier alpha value is -0.700. The van der Waals surface area contributed by atoms with Crippen molar-refractivity contribution in [1.29, 1.82) is 0 Å². The van der Waals surface area contributed by atoms with E-state index in [9.17, 15) is 4.79 Å². The number of hydrogen-bond donors (Lipinski definition) is 0. The van der Waals surface area contributed by atoms with Crippen molar-refractivity contribution < 1.29 is 4.79 Å². The van der Waals surface area contributed by atoms with Crippen LogP contribution in [0.5, 0.6) is 0 Å². The lowest BCUT2D eigenvalue weighted by molar-refractivity contribution is -0.118. The molecule has 1 aliphatic heterocycles. The lowest BCUT2D eigenvalue weighted by Crippen LogP contribution is -2.20. The smallest absolute Gasteiger partial charge is 0.161 e. The summed E-state index contributed by atoms with van der Waals surface area (Å²) in [6.45, 7) is 12.2. The van der Waals surface area contributed by atoms with Gasteiger partial charge in [0.25, 0.3) is 0 Å². The van der Waals surface area contributed by atoms with Crippen LogP contribution in [0.25, 0.3) is 0 Å². The third-order valence-corrected chi connectivity index (χ3v) is 6.31. The number of nitrogens with zero attached hydrogens (tertiary/aromatic N) is 1. The maximum atomic E-state index is 12.5. The Labute approximate surface area is 140 Å². The molecular formula is C19H31NOS. The summed E-state index contributed by atoms with van der Waals surface area (Å²) < 4.78 is 0. The minimum absolute atomic E-state index is 0.144. The van der Waals surface area contributed by atoms with E-state index in [-0.39, 0.29) is 11.3 Å². The minimum Gasteiger partial charge on any atom is -0.339 e. The van der Waals surface area contributed by atoms with Crippen molar-refractivity contribution in [2.45, 2.75) is 73.1 Å². The van der Waals surface area contributed by atoms with E-state index in [2.05, 4.69) is 39.5 Å². The van der Waals surface area contributed by atoms with E-state index in [1.807, 2.05) is 17.8 Å². The molecule has 0 N–H and O–H groups in total. The average Bonchev–Trinajstić information content (AvgIpc) is 3.05. The highest BCUT2D eigenvalue weighted by molar-refractivity contribution is 8.07. The lowest BCUT2D eigenvalue weighted by atomic mass is 9.94. The molecular weight excluding hydrogens is 290 g/mol. The summed E-state index contributed by atoms with van der Waals surface area (Å²) in [7, 11) is 0. The quantitative estimate of drug-likeness (QED) is 0.605. The Morgan fingerprint density at radius 3 is 2.50 bits per heavy atom. The monoisotopic (exact) mass is 321 g/mol. The van der Waals surface area contributed by atoms with E-state index < -0.39 is 0 Å². The van der Waals surface area contributed by atoms with Crippen LogP contribution in [0.15, 0.2) is 21.7 Å². The fourth-order valence-electron chi connectivity index (χ4n) is 3.37. The molecule has 0 spiro atoms. The van der Waals surface area contributed by atoms with Crippen LogP contribution in [0.1, 0.15) is 73.1 Å². The Morgan fingerprint density at radius 1 is 1.32 bits per heavy atom. The van der Waals surface area contributed by atoms with E-state index in [4.69, 9.17) is 0 Å². The highest BCUT2D eigenvalue weighted by Crippen LogP contribution is 2.49. The van der Waals surface area contributed by atoms with Gasteiger partial charge in [-0.05, 0) is 31.6 Å². The van der Waals surface area contributed by atoms with Gasteiger partial charge in [0.05, 0.1) is 5.03 Å². The van der Waals surface area contributed by atoms with Crippen molar-refractivity contribution in [2.24, 2.45) is 11.3 Å². The van der Waals surface area contributed by atoms with Gasteiger partial charge in [-0.25, -0.2) is 0 Å². The molecule has 0 aromatic carbocycles. The van der Waals surface area contributed by atoms with Crippen LogP contribution >= 0.6 is 11.8 Å². The van der Waals surface area contributed by atoms with Crippen LogP contribution in [0.4, 0.5) is 0 Å². The number of thioether (sulfide) groups is 1. The zero-order valence-corrected chi connectivity index (χ0v) is 15.7. The van der Waals surface area contributed by atoms with Gasteiger partial charge in [0.15, 0.2) is 5.78 Å². The van der Waals surface area contributed by atoms with Crippen molar-refractivity contribution in [2.75, 3.05) is 6.54 Å². The van der Waals surface area contributed by atoms with E-state index in [0.29, 0.717) is 5.78 Å². The lowest BCUT2D eigenvalue weighted by Gasteiger charge is -2.22. The van der Waals surface area contributed by atoms with Crippen LogP contribution in [0.3, 0.4) is 0 Å². The molecule has 0 unspecified atom stereocenters. The van der Waals surface area contributed by atoms with Gasteiger partial charge in [-0.1, -0.05) is 58.7 Å². The standard InChI is InChI=1S/C19H31NOS/c1-6-7-12-20-14(2)18(19(3,4)5)22-17(20)13-16(21)15-10-8-9-11-15/h13,15H,6-12H2,1-5H3. The summed E-state index contributed by atoms with van der Waals surface area (Å²) in [5.74, 6) is 0.629. The number of hydrogen-bond acceptors (Lipinski definition) is 3. The Balaban J connectivity index is 2.20. The second kappa shape index (κ2) is 7.25. The molecule has 1 aliphatic carbocycles. The zero-order chi connectivity index (χ0) is 16.3. The molecule has 0 amide bonds. The fourth-order valence-corrected chi connectivity index (χ4v) is 4.66. The first-order valence-electron chi connectivity index (χ1n) is 8.77. The van der Waals surface area contributed by atoms with Crippen LogP contribution < -0.4 is 0 Å². The van der Waals surface area contributed by atoms with Crippen LogP contribution in [0, 0.1) is 11.3 Å². The molecule has 0 radical (unpaired) electrons. The highest BCUT2D eigenvalue weighted by atomic mass is 32.2. The number of carbonyl (C=O) groups is 1. The third-order valence-electron chi connectivity index (χ3n) is 4.65. The minimum atomic E-state index is 0.144. The van der Waals surface area contributed by atoms with Crippen LogP contribution in [0.2, 0.25) is 0 Å². The Bertz CT molecular complexity index is 478. The maximum Gasteiger partial charge on any atom is 0.161 e. The molecule has 2 aliphatic rings. The predicted molar refractivity (Wildman–Crippen MR) is 96.4 cm³/mol. The van der Waals surface area contributed by atoms with Crippen molar-refractivity contribution in [3.8, 4) is 0 Å². The number of carbonyl (C=O) groups excluding carboxylic acids is 1. The van der Waals surface area contributed by atoms with E-state index in [1.54, 1.807) is 0 Å². The molecule has 0 aromatic rings. The van der Waals surface area contributed by atoms with E-state index in [1.165, 1.54) is 36.3 Å². The first-order chi connectivity index (χ1) is 10.3. The van der Waals surface area contributed by atoms with Gasteiger partial charge in [-0.15, -0.1) is 0 Å². The Morgan fingerprint density at radius 2 is 1.95 bits per heavy atom. The SMILES string of the molecule is CCCCN1C(=CC(=O)C2CCCC2)SC(C(C)(C)C)=C1C. The molecule has 22 heavy (non-hydrogen) atoms. The van der Waals surface area contributed by atoms with Gasteiger partial charge >= 0.3 is 0 Å². The topological polar surface area (TPSA) is 20.3 Å². The van der Waals surface area contributed by atoms with Crippen molar-refractivity contribution in [3.05, 3.63) is 21.7 Å². The number of allylic oxidation sites excluding steroid dienone is 3. The van der Waals surface area contributed by atoms with Gasteiger partial charge in [-0.2, -0.15) is 0 Å². The van der Waals surface area contributed by atoms with Gasteiger partial charge in [-0.3, -0.25) is 4.79 Å². The molecule has 124 valence electrons. The molecule has 3 heteroatoms. The fraction of sp³-hybridized carbons (Fsp3) is 0.737. The van der Waals surface area contributed by atoms with Crippen molar-refractivity contribution in [1.82, 2.24) is 4.90 Å². The first-order valence-corrected chi connectivity index (χ1v) is 9.58. The van der Waals surface area contributed by atoms with Crippen LogP contribution in [-0.4, -0.2) is 17.2 Å². The second-order valence-electron chi connectivity index (χ2n) is 7.64. The Kier molecular flexibility index (Phi) is 5.81. The van der Waals surface area contributed by atoms with Crippen molar-refractivity contribution >= 4 is 17.5 Å². The first kappa shape index (κ1) is 17.7. The summed E-state index contributed by atoms with van der Waals surface area (Å²) in [5.41, 5.74) is 1.49. The zero-order valence-electron chi connectivity index (χ0n) is 14.9. The maximum absolute atomic E-state index is 12.5. The third kappa shape index (κ3) is 3.98. The molecule has 2 rings (SSSR count). The van der Waals surface area contributed by atoms with Gasteiger partial charge < -0.3 is 4.90 Å². The highest BCUT2D eigenvalue weighted by Gasteiger charge is 2.33. The molecule has 0 bridgehead atoms. The summed E-state index contributed by atoms with van der Waals surface area (Å²) in [6.07, 6.45) is 8.90. The number of unbranched alkanes of at least 4 members (excludes halogenated alkanes) is 1.